The lowest BCUT2D eigenvalue weighted by Crippen LogP contribution is -2.00. The highest BCUT2D eigenvalue weighted by Gasteiger charge is 2.14. The Hall–Kier alpha value is -2.35. The van der Waals surface area contributed by atoms with Gasteiger partial charge in [0.15, 0.2) is 5.76 Å². The Morgan fingerprint density at radius 2 is 1.90 bits per heavy atom. The first-order valence-electron chi connectivity index (χ1n) is 6.90. The summed E-state index contributed by atoms with van der Waals surface area (Å²) >= 11 is 0. The first-order chi connectivity index (χ1) is 9.78. The van der Waals surface area contributed by atoms with Crippen molar-refractivity contribution < 1.29 is 9.21 Å². The predicted molar refractivity (Wildman–Crippen MR) is 80.1 cm³/mol. The van der Waals surface area contributed by atoms with Crippen molar-refractivity contribution in [3.05, 3.63) is 71.5 Å². The van der Waals surface area contributed by atoms with E-state index in [1.54, 1.807) is 0 Å². The van der Waals surface area contributed by atoms with Gasteiger partial charge in [-0.15, -0.1) is 0 Å². The Bertz CT molecular complexity index is 720. The van der Waals surface area contributed by atoms with Crippen molar-refractivity contribution in [1.29, 1.82) is 0 Å². The van der Waals surface area contributed by atoms with E-state index in [2.05, 4.69) is 13.0 Å². The molecule has 0 spiro atoms. The molecule has 0 radical (unpaired) electrons. The zero-order chi connectivity index (χ0) is 13.9. The Kier molecular flexibility index (Phi) is 3.38. The molecule has 0 unspecified atom stereocenters. The molecule has 1 aromatic heterocycles. The van der Waals surface area contributed by atoms with E-state index in [1.807, 2.05) is 48.5 Å². The maximum Gasteiger partial charge on any atom is 0.228 e. The van der Waals surface area contributed by atoms with Gasteiger partial charge < -0.3 is 4.42 Å². The first-order valence-corrected chi connectivity index (χ1v) is 6.90. The summed E-state index contributed by atoms with van der Waals surface area (Å²) in [5.41, 5.74) is 2.63. The molecule has 0 amide bonds. The third-order valence-electron chi connectivity index (χ3n) is 3.38. The summed E-state index contributed by atoms with van der Waals surface area (Å²) in [6.45, 7) is 2.13. The highest BCUT2D eigenvalue weighted by molar-refractivity contribution is 6.09. The maximum absolute atomic E-state index is 12.5. The quantitative estimate of drug-likeness (QED) is 0.644. The molecule has 0 atom stereocenters. The third kappa shape index (κ3) is 2.37. The SMILES string of the molecule is CCCc1cccc(C(=O)c2cc3ccccc3o2)c1. The molecular weight excluding hydrogens is 248 g/mol. The number of fused-ring (bicyclic) bond motifs is 1. The molecule has 0 N–H and O–H groups in total. The minimum absolute atomic E-state index is 0.0563. The van der Waals surface area contributed by atoms with Gasteiger partial charge in [-0.2, -0.15) is 0 Å². The summed E-state index contributed by atoms with van der Waals surface area (Å²) in [6.07, 6.45) is 2.06. The second-order valence-corrected chi connectivity index (χ2v) is 4.93. The van der Waals surface area contributed by atoms with E-state index in [-0.39, 0.29) is 5.78 Å². The van der Waals surface area contributed by atoms with Crippen molar-refractivity contribution in [2.24, 2.45) is 0 Å². The van der Waals surface area contributed by atoms with Gasteiger partial charge in [-0.25, -0.2) is 0 Å². The summed E-state index contributed by atoms with van der Waals surface area (Å²) in [7, 11) is 0. The number of carbonyl (C=O) groups is 1. The summed E-state index contributed by atoms with van der Waals surface area (Å²) in [5.74, 6) is 0.346. The molecule has 0 fully saturated rings. The van der Waals surface area contributed by atoms with Crippen LogP contribution in [0, 0.1) is 0 Å². The molecule has 0 aliphatic rings. The number of para-hydroxylation sites is 1. The predicted octanol–water partition coefficient (Wildman–Crippen LogP) is 4.62. The molecule has 20 heavy (non-hydrogen) atoms. The zero-order valence-electron chi connectivity index (χ0n) is 11.4. The first kappa shape index (κ1) is 12.7. The van der Waals surface area contributed by atoms with Crippen LogP contribution in [0.1, 0.15) is 35.0 Å². The van der Waals surface area contributed by atoms with Crippen LogP contribution in [0.3, 0.4) is 0 Å². The Morgan fingerprint density at radius 3 is 2.70 bits per heavy atom. The van der Waals surface area contributed by atoms with Gasteiger partial charge in [0.1, 0.15) is 5.58 Å². The van der Waals surface area contributed by atoms with Crippen molar-refractivity contribution in [3.8, 4) is 0 Å². The number of hydrogen-bond acceptors (Lipinski definition) is 2. The Morgan fingerprint density at radius 1 is 1.05 bits per heavy atom. The van der Waals surface area contributed by atoms with Gasteiger partial charge in [0, 0.05) is 10.9 Å². The summed E-state index contributed by atoms with van der Waals surface area (Å²) in [4.78, 5) is 12.5. The van der Waals surface area contributed by atoms with Crippen LogP contribution in [0.15, 0.2) is 59.0 Å². The topological polar surface area (TPSA) is 30.2 Å². The van der Waals surface area contributed by atoms with Crippen LogP contribution in [-0.4, -0.2) is 5.78 Å². The lowest BCUT2D eigenvalue weighted by atomic mass is 10.0. The fourth-order valence-electron chi connectivity index (χ4n) is 2.39. The van der Waals surface area contributed by atoms with Gasteiger partial charge in [0.2, 0.25) is 5.78 Å². The van der Waals surface area contributed by atoms with Crippen LogP contribution in [0.25, 0.3) is 11.0 Å². The smallest absolute Gasteiger partial charge is 0.228 e. The summed E-state index contributed by atoms with van der Waals surface area (Å²) < 4.78 is 5.63. The standard InChI is InChI=1S/C18H16O2/c1-2-6-13-7-5-9-15(11-13)18(19)17-12-14-8-3-4-10-16(14)20-17/h3-5,7-12H,2,6H2,1H3. The van der Waals surface area contributed by atoms with Crippen molar-refractivity contribution in [2.45, 2.75) is 19.8 Å². The number of rotatable bonds is 4. The number of aryl methyl sites for hydroxylation is 1. The molecule has 0 aliphatic carbocycles. The lowest BCUT2D eigenvalue weighted by molar-refractivity contribution is 0.101. The average molecular weight is 264 g/mol. The molecule has 0 saturated carbocycles. The molecule has 3 aromatic rings. The number of benzene rings is 2. The maximum atomic E-state index is 12.5. The largest absolute Gasteiger partial charge is 0.453 e. The molecular formula is C18H16O2. The summed E-state index contributed by atoms with van der Waals surface area (Å²) in [5, 5.41) is 0.959. The van der Waals surface area contributed by atoms with E-state index in [9.17, 15) is 4.79 Å². The third-order valence-corrected chi connectivity index (χ3v) is 3.38. The van der Waals surface area contributed by atoms with Gasteiger partial charge in [0.05, 0.1) is 0 Å². The number of ketones is 1. The number of carbonyl (C=O) groups excluding carboxylic acids is 1. The minimum atomic E-state index is -0.0563. The van der Waals surface area contributed by atoms with Crippen LogP contribution < -0.4 is 0 Å². The van der Waals surface area contributed by atoms with Crippen molar-refractivity contribution in [1.82, 2.24) is 0 Å². The molecule has 2 nitrogen and oxygen atoms in total. The van der Waals surface area contributed by atoms with E-state index in [0.29, 0.717) is 11.3 Å². The van der Waals surface area contributed by atoms with Crippen molar-refractivity contribution in [3.63, 3.8) is 0 Å². The van der Waals surface area contributed by atoms with Gasteiger partial charge in [0.25, 0.3) is 0 Å². The van der Waals surface area contributed by atoms with Crippen molar-refractivity contribution in [2.75, 3.05) is 0 Å². The zero-order valence-corrected chi connectivity index (χ0v) is 11.4. The van der Waals surface area contributed by atoms with E-state index in [0.717, 1.165) is 23.8 Å². The molecule has 1 heterocycles. The van der Waals surface area contributed by atoms with Gasteiger partial charge in [-0.1, -0.05) is 49.7 Å². The van der Waals surface area contributed by atoms with Crippen molar-refractivity contribution >= 4 is 16.8 Å². The van der Waals surface area contributed by atoms with Crippen LogP contribution in [-0.2, 0) is 6.42 Å². The van der Waals surface area contributed by atoms with E-state index in [1.165, 1.54) is 5.56 Å². The van der Waals surface area contributed by atoms with Gasteiger partial charge in [-0.3, -0.25) is 4.79 Å². The molecule has 0 saturated heterocycles. The highest BCUT2D eigenvalue weighted by Crippen LogP contribution is 2.21. The molecule has 0 bridgehead atoms. The summed E-state index contributed by atoms with van der Waals surface area (Å²) in [6, 6.07) is 17.3. The highest BCUT2D eigenvalue weighted by atomic mass is 16.3. The van der Waals surface area contributed by atoms with Gasteiger partial charge in [-0.05, 0) is 30.2 Å². The van der Waals surface area contributed by atoms with E-state index >= 15 is 0 Å². The minimum Gasteiger partial charge on any atom is -0.453 e. The van der Waals surface area contributed by atoms with Crippen LogP contribution in [0.5, 0.6) is 0 Å². The molecule has 0 aliphatic heterocycles. The Balaban J connectivity index is 1.97. The molecule has 2 heteroatoms. The van der Waals surface area contributed by atoms with E-state index < -0.39 is 0 Å². The molecule has 3 rings (SSSR count). The number of furan rings is 1. The second kappa shape index (κ2) is 5.33. The molecule has 100 valence electrons. The monoisotopic (exact) mass is 264 g/mol. The molecule has 2 aromatic carbocycles. The number of hydrogen-bond donors (Lipinski definition) is 0. The van der Waals surface area contributed by atoms with Gasteiger partial charge >= 0.3 is 0 Å². The normalized spacial score (nSPS) is 10.8. The van der Waals surface area contributed by atoms with Crippen LogP contribution >= 0.6 is 0 Å². The van der Waals surface area contributed by atoms with E-state index in [4.69, 9.17) is 4.42 Å². The average Bonchev–Trinajstić information content (AvgIpc) is 2.91. The van der Waals surface area contributed by atoms with Crippen LogP contribution in [0.2, 0.25) is 0 Å². The lowest BCUT2D eigenvalue weighted by Gasteiger charge is -2.02. The van der Waals surface area contributed by atoms with Crippen LogP contribution in [0.4, 0.5) is 0 Å². The fourth-order valence-corrected chi connectivity index (χ4v) is 2.39. The Labute approximate surface area is 118 Å². The second-order valence-electron chi connectivity index (χ2n) is 4.93. The fraction of sp³-hybridized carbons (Fsp3) is 0.167.